The van der Waals surface area contributed by atoms with E-state index in [-0.39, 0.29) is 11.5 Å². The molecule has 0 saturated carbocycles. The molecule has 108 valence electrons. The monoisotopic (exact) mass is 329 g/mol. The lowest BCUT2D eigenvalue weighted by atomic mass is 9.91. The molecule has 0 aromatic carbocycles. The number of anilines is 1. The molecule has 1 aromatic rings. The van der Waals surface area contributed by atoms with E-state index in [1.165, 1.54) is 0 Å². The van der Waals surface area contributed by atoms with Crippen molar-refractivity contribution in [2.45, 2.75) is 52.6 Å². The molecule has 0 saturated heterocycles. The van der Waals surface area contributed by atoms with Crippen LogP contribution in [0.2, 0.25) is 0 Å². The fourth-order valence-corrected chi connectivity index (χ4v) is 2.82. The summed E-state index contributed by atoms with van der Waals surface area (Å²) in [7, 11) is 1.87. The number of nitrogens with one attached hydrogen (secondary N) is 1. The van der Waals surface area contributed by atoms with Gasteiger partial charge >= 0.3 is 0 Å². The van der Waals surface area contributed by atoms with Gasteiger partial charge in [0.15, 0.2) is 5.82 Å². The average molecular weight is 330 g/mol. The molecular weight excluding hydrogens is 306 g/mol. The highest BCUT2D eigenvalue weighted by molar-refractivity contribution is 9.10. The molecule has 0 aliphatic carbocycles. The molecule has 1 atom stereocenters. The summed E-state index contributed by atoms with van der Waals surface area (Å²) in [4.78, 5) is 9.28. The Bertz CT molecular complexity index is 429. The molecule has 1 unspecified atom stereocenters. The van der Waals surface area contributed by atoms with Gasteiger partial charge in [-0.15, -0.1) is 0 Å². The van der Waals surface area contributed by atoms with Crippen LogP contribution >= 0.6 is 15.9 Å². The number of hydrogen-bond acceptors (Lipinski definition) is 4. The molecule has 0 aliphatic heterocycles. The van der Waals surface area contributed by atoms with Crippen LogP contribution in [0, 0.1) is 0 Å². The summed E-state index contributed by atoms with van der Waals surface area (Å²) in [5.41, 5.74) is 0.951. The minimum atomic E-state index is -0.0497. The van der Waals surface area contributed by atoms with E-state index in [0.717, 1.165) is 28.2 Å². The van der Waals surface area contributed by atoms with Crippen molar-refractivity contribution in [3.63, 3.8) is 0 Å². The van der Waals surface area contributed by atoms with Crippen LogP contribution in [0.5, 0.6) is 0 Å². The normalized spacial score (nSPS) is 13.4. The van der Waals surface area contributed by atoms with E-state index >= 15 is 0 Å². The van der Waals surface area contributed by atoms with E-state index < -0.39 is 0 Å². The molecule has 0 radical (unpaired) electrons. The van der Waals surface area contributed by atoms with E-state index in [0.29, 0.717) is 6.61 Å². The Morgan fingerprint density at radius 2 is 1.89 bits per heavy atom. The second kappa shape index (κ2) is 6.66. The van der Waals surface area contributed by atoms with Crippen molar-refractivity contribution in [3.05, 3.63) is 16.0 Å². The quantitative estimate of drug-likeness (QED) is 0.884. The molecule has 0 fully saturated rings. The zero-order valence-corrected chi connectivity index (χ0v) is 14.3. The van der Waals surface area contributed by atoms with Gasteiger partial charge in [0, 0.05) is 19.1 Å². The Labute approximate surface area is 124 Å². The molecule has 5 heteroatoms. The van der Waals surface area contributed by atoms with Crippen molar-refractivity contribution >= 4 is 21.7 Å². The van der Waals surface area contributed by atoms with Crippen LogP contribution in [0.1, 0.15) is 58.7 Å². The standard InChI is InChI=1S/C14H24BrN3O/c1-7-9(19-8-2)12-17-11(14(3,4)5)10(15)13(16-6)18-12/h9H,7-8H2,1-6H3,(H,16,17,18). The van der Waals surface area contributed by atoms with Gasteiger partial charge in [-0.05, 0) is 29.3 Å². The number of ether oxygens (including phenoxy) is 1. The maximum Gasteiger partial charge on any atom is 0.159 e. The summed E-state index contributed by atoms with van der Waals surface area (Å²) in [5.74, 6) is 1.56. The molecule has 1 N–H and O–H groups in total. The van der Waals surface area contributed by atoms with Gasteiger partial charge in [-0.1, -0.05) is 27.7 Å². The van der Waals surface area contributed by atoms with Crippen LogP contribution in [0.15, 0.2) is 4.47 Å². The molecule has 0 aliphatic rings. The topological polar surface area (TPSA) is 47.0 Å². The molecule has 0 amide bonds. The van der Waals surface area contributed by atoms with E-state index in [2.05, 4.69) is 53.9 Å². The van der Waals surface area contributed by atoms with E-state index in [1.54, 1.807) is 0 Å². The summed E-state index contributed by atoms with van der Waals surface area (Å²) in [6.07, 6.45) is 0.814. The van der Waals surface area contributed by atoms with Crippen molar-refractivity contribution < 1.29 is 4.74 Å². The minimum Gasteiger partial charge on any atom is -0.372 e. The third-order valence-electron chi connectivity index (χ3n) is 2.84. The Hall–Kier alpha value is -0.680. The number of aromatic nitrogens is 2. The second-order valence-corrected chi connectivity index (χ2v) is 6.24. The summed E-state index contributed by atoms with van der Waals surface area (Å²) >= 11 is 3.59. The highest BCUT2D eigenvalue weighted by atomic mass is 79.9. The van der Waals surface area contributed by atoms with Crippen molar-refractivity contribution in [3.8, 4) is 0 Å². The van der Waals surface area contributed by atoms with Crippen LogP contribution in [-0.2, 0) is 10.2 Å². The van der Waals surface area contributed by atoms with E-state index in [4.69, 9.17) is 9.72 Å². The van der Waals surface area contributed by atoms with Crippen LogP contribution in [0.3, 0.4) is 0 Å². The average Bonchev–Trinajstić information content (AvgIpc) is 2.35. The third-order valence-corrected chi connectivity index (χ3v) is 3.59. The molecule has 1 rings (SSSR count). The summed E-state index contributed by atoms with van der Waals surface area (Å²) in [6, 6.07) is 0. The molecule has 0 bridgehead atoms. The predicted octanol–water partition coefficient (Wildman–Crippen LogP) is 4.07. The number of nitrogens with zero attached hydrogens (tertiary/aromatic N) is 2. The Morgan fingerprint density at radius 3 is 2.32 bits per heavy atom. The number of hydrogen-bond donors (Lipinski definition) is 1. The molecule has 0 spiro atoms. The predicted molar refractivity (Wildman–Crippen MR) is 82.6 cm³/mol. The first-order valence-corrected chi connectivity index (χ1v) is 7.51. The summed E-state index contributed by atoms with van der Waals surface area (Å²) in [5, 5.41) is 3.12. The summed E-state index contributed by atoms with van der Waals surface area (Å²) < 4.78 is 6.64. The van der Waals surface area contributed by atoms with Gasteiger partial charge in [0.2, 0.25) is 0 Å². The van der Waals surface area contributed by atoms with Gasteiger partial charge in [-0.2, -0.15) is 0 Å². The van der Waals surface area contributed by atoms with Crippen molar-refractivity contribution in [1.82, 2.24) is 9.97 Å². The van der Waals surface area contributed by atoms with Crippen LogP contribution in [-0.4, -0.2) is 23.6 Å². The first-order valence-electron chi connectivity index (χ1n) is 6.72. The lowest BCUT2D eigenvalue weighted by molar-refractivity contribution is 0.0532. The van der Waals surface area contributed by atoms with Crippen molar-refractivity contribution in [2.75, 3.05) is 19.0 Å². The van der Waals surface area contributed by atoms with Gasteiger partial charge in [0.25, 0.3) is 0 Å². The zero-order valence-electron chi connectivity index (χ0n) is 12.7. The van der Waals surface area contributed by atoms with Gasteiger partial charge in [-0.25, -0.2) is 9.97 Å². The Balaban J connectivity index is 3.34. The number of rotatable bonds is 5. The van der Waals surface area contributed by atoms with Gasteiger partial charge in [0.1, 0.15) is 11.9 Å². The highest BCUT2D eigenvalue weighted by Gasteiger charge is 2.25. The Kier molecular flexibility index (Phi) is 5.74. The molecule has 1 aromatic heterocycles. The SMILES string of the molecule is CCOC(CC)c1nc(NC)c(Br)c(C(C)(C)C)n1. The van der Waals surface area contributed by atoms with Crippen molar-refractivity contribution in [2.24, 2.45) is 0 Å². The smallest absolute Gasteiger partial charge is 0.159 e. The highest BCUT2D eigenvalue weighted by Crippen LogP contribution is 2.34. The molecular formula is C14H24BrN3O. The molecule has 1 heterocycles. The lowest BCUT2D eigenvalue weighted by Gasteiger charge is -2.23. The van der Waals surface area contributed by atoms with Crippen LogP contribution in [0.25, 0.3) is 0 Å². The first-order chi connectivity index (χ1) is 8.85. The Morgan fingerprint density at radius 1 is 1.26 bits per heavy atom. The maximum absolute atomic E-state index is 5.72. The zero-order chi connectivity index (χ0) is 14.6. The second-order valence-electron chi connectivity index (χ2n) is 5.45. The van der Waals surface area contributed by atoms with Gasteiger partial charge < -0.3 is 10.1 Å². The minimum absolute atomic E-state index is 0.0490. The molecule has 4 nitrogen and oxygen atoms in total. The third kappa shape index (κ3) is 3.89. The van der Waals surface area contributed by atoms with E-state index in [9.17, 15) is 0 Å². The van der Waals surface area contributed by atoms with Gasteiger partial charge in [0.05, 0.1) is 10.2 Å². The maximum atomic E-state index is 5.72. The fourth-order valence-electron chi connectivity index (χ4n) is 1.85. The first kappa shape index (κ1) is 16.4. The number of halogens is 1. The largest absolute Gasteiger partial charge is 0.372 e. The van der Waals surface area contributed by atoms with Crippen LogP contribution in [0.4, 0.5) is 5.82 Å². The van der Waals surface area contributed by atoms with E-state index in [1.807, 2.05) is 14.0 Å². The van der Waals surface area contributed by atoms with Crippen LogP contribution < -0.4 is 5.32 Å². The lowest BCUT2D eigenvalue weighted by Crippen LogP contribution is -2.20. The van der Waals surface area contributed by atoms with Gasteiger partial charge in [-0.3, -0.25) is 0 Å². The fraction of sp³-hybridized carbons (Fsp3) is 0.714. The molecule has 19 heavy (non-hydrogen) atoms. The summed E-state index contributed by atoms with van der Waals surface area (Å²) in [6.45, 7) is 11.2. The van der Waals surface area contributed by atoms with Crippen molar-refractivity contribution in [1.29, 1.82) is 0 Å².